The first kappa shape index (κ1) is 31.1. The second-order valence-electron chi connectivity index (χ2n) is 9.76. The van der Waals surface area contributed by atoms with Crippen molar-refractivity contribution in [3.05, 3.63) is 96.6 Å². The molecule has 0 aliphatic heterocycles. The summed E-state index contributed by atoms with van der Waals surface area (Å²) in [5, 5.41) is 0. The van der Waals surface area contributed by atoms with Gasteiger partial charge in [-0.3, -0.25) is 0 Å². The van der Waals surface area contributed by atoms with E-state index in [9.17, 15) is 14.4 Å². The van der Waals surface area contributed by atoms with Crippen molar-refractivity contribution in [1.82, 2.24) is 0 Å². The fourth-order valence-corrected chi connectivity index (χ4v) is 3.77. The first-order chi connectivity index (χ1) is 19.9. The molecule has 0 radical (unpaired) electrons. The summed E-state index contributed by atoms with van der Waals surface area (Å²) in [6.07, 6.45) is 5.72. The third-order valence-electron chi connectivity index (χ3n) is 6.52. The molecule has 3 rings (SSSR count). The van der Waals surface area contributed by atoms with E-state index in [0.29, 0.717) is 48.4 Å². The van der Waals surface area contributed by atoms with Crippen molar-refractivity contribution < 1.29 is 33.3 Å². The highest BCUT2D eigenvalue weighted by atomic mass is 16.5. The lowest BCUT2D eigenvalue weighted by molar-refractivity contribution is -0.137. The lowest BCUT2D eigenvalue weighted by atomic mass is 10.0. The van der Waals surface area contributed by atoms with Crippen LogP contribution in [0.2, 0.25) is 0 Å². The molecule has 0 N–H and O–H groups in total. The summed E-state index contributed by atoms with van der Waals surface area (Å²) in [6.45, 7) is 8.85. The molecule has 0 aromatic heterocycles. The van der Waals surface area contributed by atoms with Crippen LogP contribution in [0.1, 0.15) is 66.7 Å². The van der Waals surface area contributed by atoms with Crippen LogP contribution in [0.15, 0.2) is 85.5 Å². The zero-order valence-corrected chi connectivity index (χ0v) is 23.8. The highest BCUT2D eigenvalue weighted by Gasteiger charge is 2.11. The van der Waals surface area contributed by atoms with Gasteiger partial charge < -0.3 is 18.9 Å². The van der Waals surface area contributed by atoms with E-state index in [0.717, 1.165) is 49.3 Å². The van der Waals surface area contributed by atoms with Crippen LogP contribution in [0.3, 0.4) is 0 Å². The molecule has 41 heavy (non-hydrogen) atoms. The number of esters is 3. The molecule has 0 saturated heterocycles. The van der Waals surface area contributed by atoms with Gasteiger partial charge >= 0.3 is 17.9 Å². The largest absolute Gasteiger partial charge is 0.494 e. The normalized spacial score (nSPS) is 11.3. The average molecular weight is 559 g/mol. The Labute approximate surface area is 242 Å². The number of ether oxygens (including phenoxy) is 4. The van der Waals surface area contributed by atoms with Gasteiger partial charge in [0.2, 0.25) is 0 Å². The van der Waals surface area contributed by atoms with E-state index >= 15 is 0 Å². The SMILES string of the molecule is C=CC(=O)OCCCCCCOc1ccc(C(=O)Oc2ccc(-c3ccc(C(=O)OC[C@H](C)CC)cc3)cc2)cc1. The van der Waals surface area contributed by atoms with Gasteiger partial charge in [0.1, 0.15) is 11.5 Å². The van der Waals surface area contributed by atoms with Crippen LogP contribution in [-0.4, -0.2) is 37.7 Å². The topological polar surface area (TPSA) is 88.1 Å². The van der Waals surface area contributed by atoms with Gasteiger partial charge in [0.25, 0.3) is 0 Å². The fourth-order valence-electron chi connectivity index (χ4n) is 3.77. The Morgan fingerprint density at radius 2 is 1.24 bits per heavy atom. The quantitative estimate of drug-likeness (QED) is 0.0781. The predicted octanol–water partition coefficient (Wildman–Crippen LogP) is 7.44. The average Bonchev–Trinajstić information content (AvgIpc) is 3.01. The van der Waals surface area contributed by atoms with E-state index in [1.807, 2.05) is 31.2 Å². The molecular formula is C34H38O7. The first-order valence-corrected chi connectivity index (χ1v) is 14.0. The molecule has 0 spiro atoms. The maximum atomic E-state index is 12.6. The van der Waals surface area contributed by atoms with Crippen molar-refractivity contribution in [2.45, 2.75) is 46.0 Å². The second-order valence-corrected chi connectivity index (χ2v) is 9.76. The van der Waals surface area contributed by atoms with Gasteiger partial charge in [0.15, 0.2) is 0 Å². The van der Waals surface area contributed by atoms with E-state index < -0.39 is 11.9 Å². The smallest absolute Gasteiger partial charge is 0.343 e. The minimum Gasteiger partial charge on any atom is -0.494 e. The zero-order chi connectivity index (χ0) is 29.5. The van der Waals surface area contributed by atoms with Gasteiger partial charge in [0, 0.05) is 6.08 Å². The van der Waals surface area contributed by atoms with E-state index in [1.165, 1.54) is 0 Å². The Hall–Kier alpha value is -4.39. The maximum absolute atomic E-state index is 12.6. The summed E-state index contributed by atoms with van der Waals surface area (Å²) in [7, 11) is 0. The van der Waals surface area contributed by atoms with Gasteiger partial charge in [-0.1, -0.05) is 51.1 Å². The Balaban J connectivity index is 1.41. The number of hydrogen-bond acceptors (Lipinski definition) is 7. The van der Waals surface area contributed by atoms with Crippen LogP contribution in [0.4, 0.5) is 0 Å². The van der Waals surface area contributed by atoms with Crippen LogP contribution in [0, 0.1) is 5.92 Å². The molecule has 0 heterocycles. The summed E-state index contributed by atoms with van der Waals surface area (Å²) in [5.74, 6) is 0.275. The molecule has 0 fully saturated rings. The second kappa shape index (κ2) is 16.7. The lowest BCUT2D eigenvalue weighted by Gasteiger charge is -2.10. The Kier molecular flexibility index (Phi) is 12.6. The number of carbonyl (C=O) groups is 3. The standard InChI is InChI=1S/C34H38O7/c1-4-25(3)24-40-33(36)28-12-10-26(11-13-28)27-14-20-31(21-15-27)41-34(37)29-16-18-30(19-17-29)38-22-8-6-7-9-23-39-32(35)5-2/h5,10-21,25H,2,4,6-9,22-24H2,1,3H3/t25-/m1/s1. The van der Waals surface area contributed by atoms with Crippen molar-refractivity contribution in [2.75, 3.05) is 19.8 Å². The number of unbranched alkanes of at least 4 members (excludes halogenated alkanes) is 3. The number of carbonyl (C=O) groups excluding carboxylic acids is 3. The molecule has 7 heteroatoms. The number of benzene rings is 3. The monoisotopic (exact) mass is 558 g/mol. The van der Waals surface area contributed by atoms with Gasteiger partial charge in [0.05, 0.1) is 30.9 Å². The highest BCUT2D eigenvalue weighted by Crippen LogP contribution is 2.24. The maximum Gasteiger partial charge on any atom is 0.343 e. The van der Waals surface area contributed by atoms with Crippen LogP contribution in [0.5, 0.6) is 11.5 Å². The molecule has 3 aromatic carbocycles. The Morgan fingerprint density at radius 1 is 0.707 bits per heavy atom. The molecule has 0 amide bonds. The van der Waals surface area contributed by atoms with Crippen molar-refractivity contribution in [3.63, 3.8) is 0 Å². The van der Waals surface area contributed by atoms with Crippen molar-refractivity contribution in [2.24, 2.45) is 5.92 Å². The van der Waals surface area contributed by atoms with Crippen molar-refractivity contribution in [3.8, 4) is 22.6 Å². The minimum atomic E-state index is -0.457. The number of rotatable bonds is 16. The molecule has 7 nitrogen and oxygen atoms in total. The number of hydrogen-bond donors (Lipinski definition) is 0. The fraction of sp³-hybridized carbons (Fsp3) is 0.324. The summed E-state index contributed by atoms with van der Waals surface area (Å²) in [4.78, 5) is 35.8. The molecule has 0 aliphatic carbocycles. The van der Waals surface area contributed by atoms with E-state index in [4.69, 9.17) is 18.9 Å². The zero-order valence-electron chi connectivity index (χ0n) is 23.8. The Morgan fingerprint density at radius 3 is 1.85 bits per heavy atom. The van der Waals surface area contributed by atoms with Crippen LogP contribution in [-0.2, 0) is 14.3 Å². The summed E-state index contributed by atoms with van der Waals surface area (Å²) >= 11 is 0. The molecular weight excluding hydrogens is 520 g/mol. The molecule has 3 aromatic rings. The van der Waals surface area contributed by atoms with Crippen LogP contribution in [0.25, 0.3) is 11.1 Å². The molecule has 0 saturated carbocycles. The van der Waals surface area contributed by atoms with Gasteiger partial charge in [-0.15, -0.1) is 0 Å². The summed E-state index contributed by atoms with van der Waals surface area (Å²) in [5.41, 5.74) is 2.80. The minimum absolute atomic E-state index is 0.323. The van der Waals surface area contributed by atoms with E-state index in [2.05, 4.69) is 13.5 Å². The third kappa shape index (κ3) is 10.6. The van der Waals surface area contributed by atoms with E-state index in [-0.39, 0.29) is 5.97 Å². The van der Waals surface area contributed by atoms with Crippen LogP contribution < -0.4 is 9.47 Å². The first-order valence-electron chi connectivity index (χ1n) is 14.0. The van der Waals surface area contributed by atoms with E-state index in [1.54, 1.807) is 48.5 Å². The van der Waals surface area contributed by atoms with Crippen LogP contribution >= 0.6 is 0 Å². The predicted molar refractivity (Wildman–Crippen MR) is 158 cm³/mol. The van der Waals surface area contributed by atoms with Crippen molar-refractivity contribution in [1.29, 1.82) is 0 Å². The lowest BCUT2D eigenvalue weighted by Crippen LogP contribution is -2.11. The highest BCUT2D eigenvalue weighted by molar-refractivity contribution is 5.91. The molecule has 216 valence electrons. The summed E-state index contributed by atoms with van der Waals surface area (Å²) < 4.78 is 21.6. The van der Waals surface area contributed by atoms with Gasteiger partial charge in [-0.2, -0.15) is 0 Å². The molecule has 0 unspecified atom stereocenters. The van der Waals surface area contributed by atoms with Crippen molar-refractivity contribution >= 4 is 17.9 Å². The third-order valence-corrected chi connectivity index (χ3v) is 6.52. The van der Waals surface area contributed by atoms with Gasteiger partial charge in [-0.25, -0.2) is 14.4 Å². The molecule has 0 bridgehead atoms. The summed E-state index contributed by atoms with van der Waals surface area (Å²) in [6, 6.07) is 21.3. The van der Waals surface area contributed by atoms with Gasteiger partial charge in [-0.05, 0) is 91.3 Å². The Bertz CT molecular complexity index is 1260. The molecule has 1 atom stereocenters. The molecule has 0 aliphatic rings.